The summed E-state index contributed by atoms with van der Waals surface area (Å²) in [6.45, 7) is 2.44. The molecule has 0 bridgehead atoms. The molecule has 3 heterocycles. The first-order chi connectivity index (χ1) is 8.95. The quantitative estimate of drug-likeness (QED) is 0.449. The first-order valence-electron chi connectivity index (χ1n) is 6.28. The molecule has 0 radical (unpaired) electrons. The van der Waals surface area contributed by atoms with E-state index in [1.54, 1.807) is 14.0 Å². The minimum Gasteiger partial charge on any atom is -0.433 e. The van der Waals surface area contributed by atoms with Gasteiger partial charge in [-0.2, -0.15) is 0 Å². The molecular formula is C13H15NO5. The molecule has 2 saturated heterocycles. The van der Waals surface area contributed by atoms with Crippen molar-refractivity contribution in [3.05, 3.63) is 11.6 Å². The van der Waals surface area contributed by atoms with Crippen molar-refractivity contribution in [2.24, 2.45) is 0 Å². The van der Waals surface area contributed by atoms with Crippen molar-refractivity contribution in [3.8, 4) is 0 Å². The van der Waals surface area contributed by atoms with E-state index in [-0.39, 0.29) is 5.78 Å². The Balaban J connectivity index is 2.11. The van der Waals surface area contributed by atoms with E-state index >= 15 is 0 Å². The molecule has 0 saturated carbocycles. The Morgan fingerprint density at radius 2 is 1.84 bits per heavy atom. The van der Waals surface area contributed by atoms with Gasteiger partial charge in [0, 0.05) is 39.2 Å². The second kappa shape index (κ2) is 3.66. The van der Waals surface area contributed by atoms with Crippen LogP contribution in [0.15, 0.2) is 11.6 Å². The van der Waals surface area contributed by atoms with Crippen molar-refractivity contribution < 1.29 is 23.9 Å². The highest BCUT2D eigenvalue weighted by Crippen LogP contribution is 2.46. The monoisotopic (exact) mass is 265 g/mol. The number of ether oxygens (including phenoxy) is 2. The molecule has 0 aliphatic carbocycles. The molecule has 3 aliphatic heterocycles. The molecule has 2 spiro atoms. The molecule has 3 aliphatic rings. The zero-order valence-electron chi connectivity index (χ0n) is 10.9. The predicted molar refractivity (Wildman–Crippen MR) is 63.1 cm³/mol. The number of hydrogen-bond acceptors (Lipinski definition) is 5. The van der Waals surface area contributed by atoms with Crippen LogP contribution in [0.5, 0.6) is 0 Å². The highest BCUT2D eigenvalue weighted by atomic mass is 16.6. The molecule has 6 nitrogen and oxygen atoms in total. The van der Waals surface area contributed by atoms with Crippen LogP contribution in [0.2, 0.25) is 0 Å². The molecule has 0 N–H and O–H groups in total. The lowest BCUT2D eigenvalue weighted by atomic mass is 9.79. The van der Waals surface area contributed by atoms with Crippen LogP contribution in [0.25, 0.3) is 0 Å². The zero-order chi connectivity index (χ0) is 13.8. The average Bonchev–Trinajstić information content (AvgIpc) is 2.78. The number of Topliss-reactive ketones (excluding diaryl/α,β-unsaturated/α-hetero) is 1. The summed E-state index contributed by atoms with van der Waals surface area (Å²) < 4.78 is 10.4. The zero-order valence-corrected chi connectivity index (χ0v) is 10.9. The number of ketones is 1. The van der Waals surface area contributed by atoms with Crippen LogP contribution in [-0.2, 0) is 23.9 Å². The SMILES string of the molecule is CC1=CC(=O)OC12C(=O)N(C)C1(CCOCC1)C2=O. The van der Waals surface area contributed by atoms with Gasteiger partial charge in [0.05, 0.1) is 0 Å². The third-order valence-electron chi connectivity index (χ3n) is 4.45. The first-order valence-corrected chi connectivity index (χ1v) is 6.28. The topological polar surface area (TPSA) is 72.9 Å². The van der Waals surface area contributed by atoms with Crippen LogP contribution < -0.4 is 0 Å². The van der Waals surface area contributed by atoms with Crippen molar-refractivity contribution >= 4 is 17.7 Å². The van der Waals surface area contributed by atoms with Gasteiger partial charge in [0.2, 0.25) is 5.78 Å². The lowest BCUT2D eigenvalue weighted by Gasteiger charge is -2.37. The maximum absolute atomic E-state index is 12.8. The van der Waals surface area contributed by atoms with Crippen molar-refractivity contribution in [2.75, 3.05) is 20.3 Å². The van der Waals surface area contributed by atoms with Crippen molar-refractivity contribution in [1.82, 2.24) is 4.90 Å². The van der Waals surface area contributed by atoms with E-state index < -0.39 is 23.0 Å². The van der Waals surface area contributed by atoms with Gasteiger partial charge in [-0.1, -0.05) is 0 Å². The molecule has 1 atom stereocenters. The number of likely N-dealkylation sites (tertiary alicyclic amines) is 1. The highest BCUT2D eigenvalue weighted by molar-refractivity contribution is 6.25. The molecule has 102 valence electrons. The average molecular weight is 265 g/mol. The van der Waals surface area contributed by atoms with Gasteiger partial charge in [0.15, 0.2) is 0 Å². The van der Waals surface area contributed by atoms with Gasteiger partial charge in [-0.3, -0.25) is 9.59 Å². The molecule has 6 heteroatoms. The number of carbonyl (C=O) groups is 3. The second-order valence-corrected chi connectivity index (χ2v) is 5.27. The van der Waals surface area contributed by atoms with Gasteiger partial charge in [-0.05, 0) is 12.5 Å². The normalized spacial score (nSPS) is 33.3. The van der Waals surface area contributed by atoms with E-state index in [0.29, 0.717) is 31.6 Å². The lowest BCUT2D eigenvalue weighted by Crippen LogP contribution is -2.53. The van der Waals surface area contributed by atoms with Gasteiger partial charge < -0.3 is 14.4 Å². The number of carbonyl (C=O) groups excluding carboxylic acids is 3. The molecule has 19 heavy (non-hydrogen) atoms. The second-order valence-electron chi connectivity index (χ2n) is 5.27. The molecule has 0 aromatic heterocycles. The predicted octanol–water partition coefficient (Wildman–Crippen LogP) is -0.181. The van der Waals surface area contributed by atoms with E-state index in [4.69, 9.17) is 9.47 Å². The Morgan fingerprint density at radius 3 is 2.37 bits per heavy atom. The summed E-state index contributed by atoms with van der Waals surface area (Å²) in [5, 5.41) is 0. The molecule has 3 rings (SSSR count). The first kappa shape index (κ1) is 12.3. The Kier molecular flexibility index (Phi) is 2.38. The Labute approximate surface area is 110 Å². The molecule has 0 aromatic rings. The number of esters is 1. The van der Waals surface area contributed by atoms with E-state index in [1.165, 1.54) is 11.0 Å². The number of nitrogens with zero attached hydrogens (tertiary/aromatic N) is 1. The summed E-state index contributed by atoms with van der Waals surface area (Å²) in [7, 11) is 1.60. The van der Waals surface area contributed by atoms with Crippen molar-refractivity contribution in [3.63, 3.8) is 0 Å². The summed E-state index contributed by atoms with van der Waals surface area (Å²) in [5.41, 5.74) is -2.24. The third kappa shape index (κ3) is 1.27. The van der Waals surface area contributed by atoms with E-state index in [1.807, 2.05) is 0 Å². The van der Waals surface area contributed by atoms with E-state index in [0.717, 1.165) is 0 Å². The Hall–Kier alpha value is -1.69. The van der Waals surface area contributed by atoms with E-state index in [9.17, 15) is 14.4 Å². The van der Waals surface area contributed by atoms with Gasteiger partial charge >= 0.3 is 5.97 Å². The lowest BCUT2D eigenvalue weighted by molar-refractivity contribution is -0.160. The van der Waals surface area contributed by atoms with Crippen molar-refractivity contribution in [2.45, 2.75) is 30.9 Å². The van der Waals surface area contributed by atoms with Crippen LogP contribution in [0, 0.1) is 0 Å². The molecule has 1 amide bonds. The van der Waals surface area contributed by atoms with E-state index in [2.05, 4.69) is 0 Å². The number of likely N-dealkylation sites (N-methyl/N-ethyl adjacent to an activating group) is 1. The maximum Gasteiger partial charge on any atom is 0.332 e. The summed E-state index contributed by atoms with van der Waals surface area (Å²) in [6, 6.07) is 0. The van der Waals surface area contributed by atoms with Crippen molar-refractivity contribution in [1.29, 1.82) is 0 Å². The van der Waals surface area contributed by atoms with Crippen LogP contribution in [-0.4, -0.2) is 54.0 Å². The minimum absolute atomic E-state index is 0.324. The largest absolute Gasteiger partial charge is 0.433 e. The third-order valence-corrected chi connectivity index (χ3v) is 4.45. The van der Waals surface area contributed by atoms with Gasteiger partial charge in [0.25, 0.3) is 11.5 Å². The van der Waals surface area contributed by atoms with Gasteiger partial charge in [0.1, 0.15) is 5.54 Å². The van der Waals surface area contributed by atoms with Crippen LogP contribution in [0.3, 0.4) is 0 Å². The van der Waals surface area contributed by atoms with Crippen LogP contribution >= 0.6 is 0 Å². The van der Waals surface area contributed by atoms with Gasteiger partial charge in [-0.15, -0.1) is 0 Å². The Bertz CT molecular complexity index is 517. The summed E-state index contributed by atoms with van der Waals surface area (Å²) in [6.07, 6.45) is 2.11. The maximum atomic E-state index is 12.8. The van der Waals surface area contributed by atoms with Gasteiger partial charge in [-0.25, -0.2) is 4.79 Å². The van der Waals surface area contributed by atoms with Crippen LogP contribution in [0.4, 0.5) is 0 Å². The minimum atomic E-state index is -1.72. The smallest absolute Gasteiger partial charge is 0.332 e. The standard InChI is InChI=1S/C13H15NO5/c1-8-7-9(15)19-13(8)10(16)12(14(2)11(13)17)3-5-18-6-4-12/h7H,3-6H2,1-2H3. The number of amides is 1. The molecule has 1 unspecified atom stereocenters. The summed E-state index contributed by atoms with van der Waals surface area (Å²) in [4.78, 5) is 38.2. The number of rotatable bonds is 0. The molecular weight excluding hydrogens is 250 g/mol. The Morgan fingerprint density at radius 1 is 1.21 bits per heavy atom. The number of hydrogen-bond donors (Lipinski definition) is 0. The summed E-state index contributed by atoms with van der Waals surface area (Å²) >= 11 is 0. The fourth-order valence-corrected chi connectivity index (χ4v) is 3.26. The van der Waals surface area contributed by atoms with Crippen LogP contribution in [0.1, 0.15) is 19.8 Å². The fraction of sp³-hybridized carbons (Fsp3) is 0.615. The molecule has 0 aromatic carbocycles. The fourth-order valence-electron chi connectivity index (χ4n) is 3.26. The highest BCUT2D eigenvalue weighted by Gasteiger charge is 2.70. The molecule has 2 fully saturated rings. The summed E-state index contributed by atoms with van der Waals surface area (Å²) in [5.74, 6) is -1.40.